The van der Waals surface area contributed by atoms with Gasteiger partial charge < -0.3 is 40.3 Å². The molecule has 0 aromatic rings. The molecular formula is C64H109NO8. The molecule has 1 fully saturated rings. The standard InChI is InChI=1S/C64H109NO8/c1-3-5-7-9-11-13-15-17-19-21-23-25-27-28-29-30-32-34-36-38-40-42-44-46-48-50-52-54-60(68)65-57(56-72-64-63(71)62(70)61(69)59(55-66)73-64)58(67)53-51-49-47-45-43-41-39-37-35-33-31-26-24-22-20-18-16-14-12-10-8-6-4-2/h5,7,11,13,17,19,23,25,28-29,32,34-35,37,43,45,51,53,57-59,61-64,66-67,69-71H,3-4,6,8-10,12,14-16,18,20-22,24,26-27,30-31,33,36,38-42,44,46-50,52,54-56H2,1-2H3,(H,65,68)/b7-5-,13-11-,19-17-,25-23-,29-28-,34-32-,37-35+,45-43+,53-51+. The molecule has 1 aliphatic heterocycles. The average molecular weight is 1020 g/mol. The van der Waals surface area contributed by atoms with Gasteiger partial charge in [-0.05, 0) is 96.3 Å². The third-order valence-corrected chi connectivity index (χ3v) is 13.3. The van der Waals surface area contributed by atoms with E-state index in [-0.39, 0.29) is 12.5 Å². The summed E-state index contributed by atoms with van der Waals surface area (Å²) in [7, 11) is 0. The highest BCUT2D eigenvalue weighted by molar-refractivity contribution is 5.76. The molecule has 0 aliphatic carbocycles. The Labute approximate surface area is 446 Å². The van der Waals surface area contributed by atoms with Crippen molar-refractivity contribution < 1.29 is 39.8 Å². The lowest BCUT2D eigenvalue weighted by Crippen LogP contribution is -2.60. The minimum atomic E-state index is -1.58. The van der Waals surface area contributed by atoms with E-state index in [1.165, 1.54) is 109 Å². The second-order valence-electron chi connectivity index (χ2n) is 20.0. The summed E-state index contributed by atoms with van der Waals surface area (Å²) in [6, 6.07) is -0.842. The van der Waals surface area contributed by atoms with E-state index >= 15 is 0 Å². The first-order valence-electron chi connectivity index (χ1n) is 29.6. The van der Waals surface area contributed by atoms with Gasteiger partial charge in [-0.15, -0.1) is 0 Å². The lowest BCUT2D eigenvalue weighted by molar-refractivity contribution is -0.302. The van der Waals surface area contributed by atoms with E-state index in [1.54, 1.807) is 6.08 Å². The number of ether oxygens (including phenoxy) is 2. The summed E-state index contributed by atoms with van der Waals surface area (Å²) in [5, 5.41) is 54.5. The van der Waals surface area contributed by atoms with Gasteiger partial charge in [-0.2, -0.15) is 0 Å². The lowest BCUT2D eigenvalue weighted by Gasteiger charge is -2.40. The topological polar surface area (TPSA) is 149 Å². The number of amides is 1. The van der Waals surface area contributed by atoms with Crippen molar-refractivity contribution in [1.82, 2.24) is 5.32 Å². The van der Waals surface area contributed by atoms with Crippen molar-refractivity contribution in [2.45, 2.75) is 275 Å². The van der Waals surface area contributed by atoms with Gasteiger partial charge in [0.1, 0.15) is 24.4 Å². The summed E-state index contributed by atoms with van der Waals surface area (Å²) in [5.41, 5.74) is 0. The SMILES string of the molecule is CC/C=C\C/C=C\C/C=C\C/C=C\C/C=C\C/C=C\CCCCCCCCCCC(=O)NC(COC1OC(CO)C(O)C(O)C1O)C(O)/C=C/CC/C=C/CC/C=C/CCCCCCCCCCCCCCC. The number of hydrogen-bond donors (Lipinski definition) is 6. The summed E-state index contributed by atoms with van der Waals surface area (Å²) < 4.78 is 11.3. The number of aliphatic hydroxyl groups excluding tert-OH is 5. The molecule has 418 valence electrons. The van der Waals surface area contributed by atoms with Gasteiger partial charge in [-0.3, -0.25) is 4.79 Å². The van der Waals surface area contributed by atoms with Crippen LogP contribution in [0.1, 0.15) is 232 Å². The molecule has 1 rings (SSSR count). The molecule has 0 saturated carbocycles. The zero-order valence-corrected chi connectivity index (χ0v) is 46.4. The molecule has 1 saturated heterocycles. The van der Waals surface area contributed by atoms with Crippen LogP contribution in [0.15, 0.2) is 109 Å². The minimum absolute atomic E-state index is 0.203. The molecule has 73 heavy (non-hydrogen) atoms. The predicted octanol–water partition coefficient (Wildman–Crippen LogP) is 15.0. The molecule has 1 aliphatic rings. The third-order valence-electron chi connectivity index (χ3n) is 13.3. The predicted molar refractivity (Wildman–Crippen MR) is 308 cm³/mol. The Bertz CT molecular complexity index is 1510. The molecule has 1 heterocycles. The molecule has 0 aromatic carbocycles. The number of carbonyl (C=O) groups is 1. The number of hydrogen-bond acceptors (Lipinski definition) is 8. The molecule has 7 atom stereocenters. The maximum absolute atomic E-state index is 13.1. The number of allylic oxidation sites excluding steroid dienone is 17. The third kappa shape index (κ3) is 41.7. The molecule has 1 amide bonds. The van der Waals surface area contributed by atoms with E-state index in [0.29, 0.717) is 6.42 Å². The van der Waals surface area contributed by atoms with Crippen molar-refractivity contribution in [3.05, 3.63) is 109 Å². The average Bonchev–Trinajstić information content (AvgIpc) is 3.39. The second-order valence-corrected chi connectivity index (χ2v) is 20.0. The van der Waals surface area contributed by atoms with Gasteiger partial charge in [0.05, 0.1) is 25.4 Å². The normalized spacial score (nSPS) is 19.9. The number of rotatable bonds is 49. The van der Waals surface area contributed by atoms with Crippen LogP contribution in [-0.4, -0.2) is 87.5 Å². The van der Waals surface area contributed by atoms with Crippen LogP contribution in [0.2, 0.25) is 0 Å². The lowest BCUT2D eigenvalue weighted by atomic mass is 9.99. The molecule has 9 heteroatoms. The van der Waals surface area contributed by atoms with Gasteiger partial charge in [0.2, 0.25) is 5.91 Å². The fraction of sp³-hybridized carbons (Fsp3) is 0.703. The van der Waals surface area contributed by atoms with Crippen molar-refractivity contribution in [1.29, 1.82) is 0 Å². The summed E-state index contributed by atoms with van der Waals surface area (Å²) in [6.45, 7) is 3.64. The summed E-state index contributed by atoms with van der Waals surface area (Å²) >= 11 is 0. The first-order valence-corrected chi connectivity index (χ1v) is 29.6. The molecule has 9 nitrogen and oxygen atoms in total. The molecule has 0 radical (unpaired) electrons. The Balaban J connectivity index is 2.28. The Morgan fingerprint density at radius 3 is 1.32 bits per heavy atom. The van der Waals surface area contributed by atoms with E-state index in [9.17, 15) is 30.3 Å². The summed E-state index contributed by atoms with van der Waals surface area (Å²) in [4.78, 5) is 13.1. The highest BCUT2D eigenvalue weighted by atomic mass is 16.7. The van der Waals surface area contributed by atoms with Crippen molar-refractivity contribution in [2.24, 2.45) is 0 Å². The maximum Gasteiger partial charge on any atom is 0.220 e. The van der Waals surface area contributed by atoms with Crippen LogP contribution in [0.25, 0.3) is 0 Å². The summed E-state index contributed by atoms with van der Waals surface area (Å²) in [6.07, 6.45) is 70.1. The zero-order chi connectivity index (χ0) is 52.9. The van der Waals surface area contributed by atoms with Crippen LogP contribution in [0, 0.1) is 0 Å². The number of unbranched alkanes of at least 4 members (excludes halogenated alkanes) is 23. The van der Waals surface area contributed by atoms with Crippen LogP contribution in [-0.2, 0) is 14.3 Å². The highest BCUT2D eigenvalue weighted by Gasteiger charge is 2.44. The molecule has 6 N–H and O–H groups in total. The molecule has 0 spiro atoms. The van der Waals surface area contributed by atoms with Crippen LogP contribution in [0.5, 0.6) is 0 Å². The quantitative estimate of drug-likeness (QED) is 0.0261. The fourth-order valence-corrected chi connectivity index (χ4v) is 8.66. The number of aliphatic hydroxyl groups is 5. The first kappa shape index (κ1) is 67.9. The van der Waals surface area contributed by atoms with Gasteiger partial charge in [-0.1, -0.05) is 239 Å². The highest BCUT2D eigenvalue weighted by Crippen LogP contribution is 2.23. The van der Waals surface area contributed by atoms with E-state index in [1.807, 2.05) is 6.08 Å². The van der Waals surface area contributed by atoms with Crippen molar-refractivity contribution in [3.63, 3.8) is 0 Å². The minimum Gasteiger partial charge on any atom is -0.394 e. The van der Waals surface area contributed by atoms with Crippen LogP contribution in [0.3, 0.4) is 0 Å². The maximum atomic E-state index is 13.1. The van der Waals surface area contributed by atoms with Gasteiger partial charge in [0.25, 0.3) is 0 Å². The van der Waals surface area contributed by atoms with E-state index in [2.05, 4.69) is 116 Å². The monoisotopic (exact) mass is 1020 g/mol. The fourth-order valence-electron chi connectivity index (χ4n) is 8.66. The van der Waals surface area contributed by atoms with E-state index in [0.717, 1.165) is 103 Å². The zero-order valence-electron chi connectivity index (χ0n) is 46.4. The Morgan fingerprint density at radius 1 is 0.479 bits per heavy atom. The van der Waals surface area contributed by atoms with Crippen molar-refractivity contribution in [3.8, 4) is 0 Å². The van der Waals surface area contributed by atoms with Crippen LogP contribution in [0.4, 0.5) is 0 Å². The number of nitrogens with one attached hydrogen (secondary N) is 1. The molecule has 7 unspecified atom stereocenters. The Morgan fingerprint density at radius 2 is 0.863 bits per heavy atom. The second kappa shape index (κ2) is 52.3. The van der Waals surface area contributed by atoms with Crippen molar-refractivity contribution >= 4 is 5.91 Å². The first-order chi connectivity index (χ1) is 35.8. The Hall–Kier alpha value is -3.15. The van der Waals surface area contributed by atoms with Gasteiger partial charge >= 0.3 is 0 Å². The molecule has 0 aromatic heterocycles. The smallest absolute Gasteiger partial charge is 0.220 e. The Kier molecular flexibility index (Phi) is 48.6. The molecular weight excluding hydrogens is 911 g/mol. The van der Waals surface area contributed by atoms with Crippen molar-refractivity contribution in [2.75, 3.05) is 13.2 Å². The van der Waals surface area contributed by atoms with Gasteiger partial charge in [0, 0.05) is 6.42 Å². The van der Waals surface area contributed by atoms with Crippen LogP contribution >= 0.6 is 0 Å². The van der Waals surface area contributed by atoms with E-state index in [4.69, 9.17) is 9.47 Å². The summed E-state index contributed by atoms with van der Waals surface area (Å²) in [5.74, 6) is -0.203. The number of carbonyl (C=O) groups excluding carboxylic acids is 1. The largest absolute Gasteiger partial charge is 0.394 e. The van der Waals surface area contributed by atoms with Crippen LogP contribution < -0.4 is 5.32 Å². The molecule has 0 bridgehead atoms. The van der Waals surface area contributed by atoms with Gasteiger partial charge in [0.15, 0.2) is 6.29 Å². The van der Waals surface area contributed by atoms with E-state index < -0.39 is 49.5 Å². The van der Waals surface area contributed by atoms with Gasteiger partial charge in [-0.25, -0.2) is 0 Å².